The summed E-state index contributed by atoms with van der Waals surface area (Å²) in [6.07, 6.45) is 0.817. The Bertz CT molecular complexity index is 653. The van der Waals surface area contributed by atoms with Crippen LogP contribution in [0.3, 0.4) is 0 Å². The average molecular weight is 255 g/mol. The summed E-state index contributed by atoms with van der Waals surface area (Å²) < 4.78 is 0. The van der Waals surface area contributed by atoms with Crippen molar-refractivity contribution in [1.82, 2.24) is 15.2 Å². The number of pyridine rings is 1. The molecule has 0 saturated carbocycles. The van der Waals surface area contributed by atoms with E-state index in [2.05, 4.69) is 20.5 Å². The van der Waals surface area contributed by atoms with Crippen molar-refractivity contribution in [1.29, 1.82) is 5.26 Å². The Kier molecular flexibility index (Phi) is 3.57. The van der Waals surface area contributed by atoms with Gasteiger partial charge in [-0.15, -0.1) is 0 Å². The Morgan fingerprint density at radius 1 is 1.53 bits per heavy atom. The van der Waals surface area contributed by atoms with Crippen LogP contribution in [0, 0.1) is 18.3 Å². The lowest BCUT2D eigenvalue weighted by Gasteiger charge is -2.02. The maximum absolute atomic E-state index is 12.0. The standard InChI is InChI=1S/C13H13N5O/c1-3-10-6-12(18-17-10)16-13(19)11-5-4-9(7-14)8(2)15-11/h4-6H,3H2,1-2H3,(H2,16,17,18,19). The van der Waals surface area contributed by atoms with Crippen molar-refractivity contribution in [3.63, 3.8) is 0 Å². The predicted molar refractivity (Wildman–Crippen MR) is 69.6 cm³/mol. The summed E-state index contributed by atoms with van der Waals surface area (Å²) in [4.78, 5) is 16.0. The molecule has 6 heteroatoms. The van der Waals surface area contributed by atoms with Gasteiger partial charge < -0.3 is 5.32 Å². The smallest absolute Gasteiger partial charge is 0.275 e. The molecule has 0 saturated heterocycles. The third-order valence-electron chi connectivity index (χ3n) is 2.69. The zero-order valence-electron chi connectivity index (χ0n) is 10.7. The van der Waals surface area contributed by atoms with Crippen molar-refractivity contribution in [2.24, 2.45) is 0 Å². The van der Waals surface area contributed by atoms with Crippen LogP contribution in [-0.4, -0.2) is 21.1 Å². The Morgan fingerprint density at radius 2 is 2.32 bits per heavy atom. The van der Waals surface area contributed by atoms with Gasteiger partial charge in [0.2, 0.25) is 0 Å². The number of hydrogen-bond donors (Lipinski definition) is 2. The Morgan fingerprint density at radius 3 is 2.89 bits per heavy atom. The van der Waals surface area contributed by atoms with Crippen molar-refractivity contribution in [2.75, 3.05) is 5.32 Å². The minimum absolute atomic E-state index is 0.262. The fourth-order valence-corrected chi connectivity index (χ4v) is 1.59. The first-order valence-corrected chi connectivity index (χ1v) is 5.87. The van der Waals surface area contributed by atoms with Crippen LogP contribution in [0.5, 0.6) is 0 Å². The van der Waals surface area contributed by atoms with Gasteiger partial charge in [0, 0.05) is 11.8 Å². The lowest BCUT2D eigenvalue weighted by molar-refractivity contribution is 0.102. The zero-order valence-corrected chi connectivity index (χ0v) is 10.7. The third kappa shape index (κ3) is 2.77. The Balaban J connectivity index is 2.16. The van der Waals surface area contributed by atoms with Crippen molar-refractivity contribution in [2.45, 2.75) is 20.3 Å². The highest BCUT2D eigenvalue weighted by Gasteiger charge is 2.11. The SMILES string of the molecule is CCc1cc(NC(=O)c2ccc(C#N)c(C)n2)n[nH]1. The molecule has 0 aromatic carbocycles. The molecule has 0 aliphatic carbocycles. The average Bonchev–Trinajstić information content (AvgIpc) is 2.86. The number of hydrogen-bond acceptors (Lipinski definition) is 4. The maximum Gasteiger partial charge on any atom is 0.275 e. The van der Waals surface area contributed by atoms with E-state index in [0.29, 0.717) is 17.1 Å². The van der Waals surface area contributed by atoms with Gasteiger partial charge in [0.05, 0.1) is 11.3 Å². The van der Waals surface area contributed by atoms with Crippen LogP contribution in [0.4, 0.5) is 5.82 Å². The molecule has 0 fully saturated rings. The van der Waals surface area contributed by atoms with E-state index in [1.807, 2.05) is 13.0 Å². The first kappa shape index (κ1) is 12.8. The summed E-state index contributed by atoms with van der Waals surface area (Å²) in [6.45, 7) is 3.68. The first-order valence-electron chi connectivity index (χ1n) is 5.87. The molecule has 2 N–H and O–H groups in total. The lowest BCUT2D eigenvalue weighted by atomic mass is 10.2. The Hall–Kier alpha value is -2.68. The molecule has 0 aliphatic heterocycles. The monoisotopic (exact) mass is 255 g/mol. The molecule has 6 nitrogen and oxygen atoms in total. The summed E-state index contributed by atoms with van der Waals surface area (Å²) in [7, 11) is 0. The van der Waals surface area contributed by atoms with E-state index < -0.39 is 0 Å². The highest BCUT2D eigenvalue weighted by molar-refractivity contribution is 6.02. The molecule has 0 radical (unpaired) electrons. The number of rotatable bonds is 3. The van der Waals surface area contributed by atoms with Gasteiger partial charge in [-0.2, -0.15) is 10.4 Å². The van der Waals surface area contributed by atoms with Gasteiger partial charge in [0.25, 0.3) is 5.91 Å². The normalized spacial score (nSPS) is 9.95. The number of carbonyl (C=O) groups excluding carboxylic acids is 1. The zero-order chi connectivity index (χ0) is 13.8. The molecule has 2 aromatic heterocycles. The van der Waals surface area contributed by atoms with E-state index in [1.165, 1.54) is 6.07 Å². The van der Waals surface area contributed by atoms with Crippen LogP contribution >= 0.6 is 0 Å². The number of nitrogens with zero attached hydrogens (tertiary/aromatic N) is 3. The molecule has 1 amide bonds. The van der Waals surface area contributed by atoms with Crippen LogP contribution in [0.1, 0.15) is 34.4 Å². The van der Waals surface area contributed by atoms with Crippen molar-refractivity contribution < 1.29 is 4.79 Å². The third-order valence-corrected chi connectivity index (χ3v) is 2.69. The van der Waals surface area contributed by atoms with Gasteiger partial charge >= 0.3 is 0 Å². The topological polar surface area (TPSA) is 94.5 Å². The van der Waals surface area contributed by atoms with Crippen LogP contribution in [0.25, 0.3) is 0 Å². The van der Waals surface area contributed by atoms with Crippen LogP contribution < -0.4 is 5.32 Å². The van der Waals surface area contributed by atoms with E-state index in [-0.39, 0.29) is 11.6 Å². The number of nitrogens with one attached hydrogen (secondary N) is 2. The van der Waals surface area contributed by atoms with E-state index in [1.54, 1.807) is 19.1 Å². The van der Waals surface area contributed by atoms with Crippen molar-refractivity contribution in [3.8, 4) is 6.07 Å². The lowest BCUT2D eigenvalue weighted by Crippen LogP contribution is -2.14. The molecule has 0 unspecified atom stereocenters. The molecule has 0 spiro atoms. The molecular formula is C13H13N5O. The second-order valence-electron chi connectivity index (χ2n) is 4.03. The van der Waals surface area contributed by atoms with Gasteiger partial charge in [-0.1, -0.05) is 6.92 Å². The largest absolute Gasteiger partial charge is 0.304 e. The van der Waals surface area contributed by atoms with Gasteiger partial charge in [-0.25, -0.2) is 4.98 Å². The number of aromatic nitrogens is 3. The van der Waals surface area contributed by atoms with Gasteiger partial charge in [0.15, 0.2) is 5.82 Å². The summed E-state index contributed by atoms with van der Waals surface area (Å²) in [5, 5.41) is 18.2. The molecule has 0 atom stereocenters. The molecule has 2 aromatic rings. The Labute approximate surface area is 110 Å². The van der Waals surface area contributed by atoms with Gasteiger partial charge in [-0.3, -0.25) is 9.89 Å². The van der Waals surface area contributed by atoms with E-state index in [4.69, 9.17) is 5.26 Å². The molecule has 0 aliphatic rings. The van der Waals surface area contributed by atoms with E-state index >= 15 is 0 Å². The fourth-order valence-electron chi connectivity index (χ4n) is 1.59. The van der Waals surface area contributed by atoms with Crippen LogP contribution in [-0.2, 0) is 6.42 Å². The predicted octanol–water partition coefficient (Wildman–Crippen LogP) is 1.80. The van der Waals surface area contributed by atoms with Crippen LogP contribution in [0.15, 0.2) is 18.2 Å². The number of amides is 1. The number of H-pyrrole nitrogens is 1. The molecular weight excluding hydrogens is 242 g/mol. The first-order chi connectivity index (χ1) is 9.13. The highest BCUT2D eigenvalue weighted by atomic mass is 16.1. The van der Waals surface area contributed by atoms with Gasteiger partial charge in [0.1, 0.15) is 11.8 Å². The molecule has 19 heavy (non-hydrogen) atoms. The van der Waals surface area contributed by atoms with Crippen molar-refractivity contribution >= 4 is 11.7 Å². The summed E-state index contributed by atoms with van der Waals surface area (Å²) in [5.74, 6) is 0.118. The van der Waals surface area contributed by atoms with E-state index in [0.717, 1.165) is 12.1 Å². The van der Waals surface area contributed by atoms with Crippen LogP contribution in [0.2, 0.25) is 0 Å². The maximum atomic E-state index is 12.0. The minimum Gasteiger partial charge on any atom is -0.304 e. The summed E-state index contributed by atoms with van der Waals surface area (Å²) >= 11 is 0. The second kappa shape index (κ2) is 5.31. The number of nitriles is 1. The number of aryl methyl sites for hydroxylation is 2. The molecule has 96 valence electrons. The summed E-state index contributed by atoms with van der Waals surface area (Å²) in [5.41, 5.74) is 2.20. The fraction of sp³-hybridized carbons (Fsp3) is 0.231. The number of carbonyl (C=O) groups is 1. The molecule has 0 bridgehead atoms. The van der Waals surface area contributed by atoms with E-state index in [9.17, 15) is 4.79 Å². The summed E-state index contributed by atoms with van der Waals surface area (Å²) in [6, 6.07) is 6.89. The number of anilines is 1. The highest BCUT2D eigenvalue weighted by Crippen LogP contribution is 2.09. The molecule has 2 rings (SSSR count). The molecule has 2 heterocycles. The second-order valence-corrected chi connectivity index (χ2v) is 4.03. The quantitative estimate of drug-likeness (QED) is 0.874. The number of aromatic amines is 1. The van der Waals surface area contributed by atoms with Crippen molar-refractivity contribution in [3.05, 3.63) is 40.8 Å². The minimum atomic E-state index is -0.346. The van der Waals surface area contributed by atoms with Gasteiger partial charge in [-0.05, 0) is 25.5 Å².